The van der Waals surface area contributed by atoms with Crippen LogP contribution in [0.3, 0.4) is 0 Å². The number of benzene rings is 1. The van der Waals surface area contributed by atoms with Crippen LogP contribution in [0, 0.1) is 5.92 Å². The molecule has 1 atom stereocenters. The van der Waals surface area contributed by atoms with Crippen LogP contribution in [0.25, 0.3) is 0 Å². The van der Waals surface area contributed by atoms with Gasteiger partial charge in [-0.25, -0.2) is 0 Å². The van der Waals surface area contributed by atoms with Gasteiger partial charge in [-0.1, -0.05) is 44.2 Å². The Labute approximate surface area is 103 Å². The van der Waals surface area contributed by atoms with Crippen LogP contribution in [0.5, 0.6) is 0 Å². The summed E-state index contributed by atoms with van der Waals surface area (Å²) in [7, 11) is 0. The molecule has 1 unspecified atom stereocenters. The van der Waals surface area contributed by atoms with E-state index in [1.165, 1.54) is 0 Å². The molecule has 0 bridgehead atoms. The van der Waals surface area contributed by atoms with Crippen LogP contribution in [-0.4, -0.2) is 24.2 Å². The Morgan fingerprint density at radius 3 is 2.47 bits per heavy atom. The molecule has 2 N–H and O–H groups in total. The molecule has 3 nitrogen and oxygen atoms in total. The van der Waals surface area contributed by atoms with Crippen molar-refractivity contribution in [2.75, 3.05) is 13.2 Å². The van der Waals surface area contributed by atoms with E-state index in [0.29, 0.717) is 13.0 Å². The highest BCUT2D eigenvalue weighted by atomic mass is 16.3. The quantitative estimate of drug-likeness (QED) is 0.791. The second-order valence-corrected chi connectivity index (χ2v) is 4.52. The minimum absolute atomic E-state index is 0.000509. The molecule has 0 radical (unpaired) electrons. The number of hydrogen-bond donors (Lipinski definition) is 2. The van der Waals surface area contributed by atoms with E-state index in [9.17, 15) is 4.79 Å². The van der Waals surface area contributed by atoms with Crippen molar-refractivity contribution >= 4 is 5.91 Å². The SMILES string of the molecule is CC(C)C(=O)NCC(CCO)c1ccccc1. The van der Waals surface area contributed by atoms with Crippen molar-refractivity contribution in [3.05, 3.63) is 35.9 Å². The van der Waals surface area contributed by atoms with Gasteiger partial charge in [-0.3, -0.25) is 4.79 Å². The van der Waals surface area contributed by atoms with Gasteiger partial charge in [0.1, 0.15) is 0 Å². The molecule has 0 spiro atoms. The predicted molar refractivity (Wildman–Crippen MR) is 68.7 cm³/mol. The van der Waals surface area contributed by atoms with Gasteiger partial charge in [0.05, 0.1) is 0 Å². The lowest BCUT2D eigenvalue weighted by molar-refractivity contribution is -0.124. The van der Waals surface area contributed by atoms with Crippen molar-refractivity contribution in [2.45, 2.75) is 26.2 Å². The highest BCUT2D eigenvalue weighted by Gasteiger charge is 2.13. The largest absolute Gasteiger partial charge is 0.396 e. The molecule has 1 amide bonds. The maximum Gasteiger partial charge on any atom is 0.222 e. The normalized spacial score (nSPS) is 12.5. The summed E-state index contributed by atoms with van der Waals surface area (Å²) in [6, 6.07) is 9.98. The first-order valence-corrected chi connectivity index (χ1v) is 6.08. The van der Waals surface area contributed by atoms with Gasteiger partial charge in [0, 0.05) is 25.0 Å². The van der Waals surface area contributed by atoms with Crippen molar-refractivity contribution in [2.24, 2.45) is 5.92 Å². The van der Waals surface area contributed by atoms with Crippen LogP contribution >= 0.6 is 0 Å². The van der Waals surface area contributed by atoms with Crippen molar-refractivity contribution in [1.82, 2.24) is 5.32 Å². The Balaban J connectivity index is 2.58. The Bertz CT molecular complexity index is 335. The number of hydrogen-bond acceptors (Lipinski definition) is 2. The molecule has 3 heteroatoms. The standard InChI is InChI=1S/C14H21NO2/c1-11(2)14(17)15-10-13(8-9-16)12-6-4-3-5-7-12/h3-7,11,13,16H,8-10H2,1-2H3,(H,15,17). The topological polar surface area (TPSA) is 49.3 Å². The third kappa shape index (κ3) is 4.57. The van der Waals surface area contributed by atoms with Crippen LogP contribution in [0.15, 0.2) is 30.3 Å². The third-order valence-corrected chi connectivity index (χ3v) is 2.80. The van der Waals surface area contributed by atoms with Crippen LogP contribution in [-0.2, 0) is 4.79 Å². The first-order valence-electron chi connectivity index (χ1n) is 6.08. The Morgan fingerprint density at radius 2 is 1.94 bits per heavy atom. The highest BCUT2D eigenvalue weighted by molar-refractivity contribution is 5.77. The maximum absolute atomic E-state index is 11.5. The molecule has 0 saturated heterocycles. The van der Waals surface area contributed by atoms with E-state index in [4.69, 9.17) is 5.11 Å². The van der Waals surface area contributed by atoms with E-state index >= 15 is 0 Å². The number of aliphatic hydroxyl groups excluding tert-OH is 1. The summed E-state index contributed by atoms with van der Waals surface area (Å²) in [5.74, 6) is 0.244. The van der Waals surface area contributed by atoms with Crippen molar-refractivity contribution < 1.29 is 9.90 Å². The van der Waals surface area contributed by atoms with E-state index in [2.05, 4.69) is 5.32 Å². The highest BCUT2D eigenvalue weighted by Crippen LogP contribution is 2.18. The van der Waals surface area contributed by atoms with Crippen LogP contribution in [0.4, 0.5) is 0 Å². The first-order chi connectivity index (χ1) is 8.15. The van der Waals surface area contributed by atoms with Gasteiger partial charge in [0.2, 0.25) is 5.91 Å². The molecule has 0 fully saturated rings. The summed E-state index contributed by atoms with van der Waals surface area (Å²) in [6.07, 6.45) is 0.669. The molecule has 1 aromatic carbocycles. The maximum atomic E-state index is 11.5. The zero-order chi connectivity index (χ0) is 12.7. The Morgan fingerprint density at radius 1 is 1.29 bits per heavy atom. The van der Waals surface area contributed by atoms with Crippen molar-refractivity contribution in [3.8, 4) is 0 Å². The molecule has 0 aliphatic rings. The van der Waals surface area contributed by atoms with Crippen molar-refractivity contribution in [3.63, 3.8) is 0 Å². The van der Waals surface area contributed by atoms with Gasteiger partial charge in [0.15, 0.2) is 0 Å². The molecule has 0 aliphatic heterocycles. The predicted octanol–water partition coefficient (Wildman–Crippen LogP) is 1.92. The molecule has 0 heterocycles. The van der Waals surface area contributed by atoms with Crippen LogP contribution < -0.4 is 5.32 Å². The van der Waals surface area contributed by atoms with E-state index < -0.39 is 0 Å². The number of amides is 1. The summed E-state index contributed by atoms with van der Waals surface area (Å²) < 4.78 is 0. The summed E-state index contributed by atoms with van der Waals surface area (Å²) in [6.45, 7) is 4.47. The molecule has 1 aromatic rings. The lowest BCUT2D eigenvalue weighted by atomic mass is 9.96. The van der Waals surface area contributed by atoms with Gasteiger partial charge in [-0.15, -0.1) is 0 Å². The molecular formula is C14H21NO2. The number of aliphatic hydroxyl groups is 1. The zero-order valence-electron chi connectivity index (χ0n) is 10.5. The Kier molecular flexibility index (Phi) is 5.70. The van der Waals surface area contributed by atoms with Gasteiger partial charge in [-0.05, 0) is 12.0 Å². The summed E-state index contributed by atoms with van der Waals surface area (Å²) in [5, 5.41) is 12.0. The van der Waals surface area contributed by atoms with Gasteiger partial charge in [0.25, 0.3) is 0 Å². The van der Waals surface area contributed by atoms with E-state index in [0.717, 1.165) is 5.56 Å². The average molecular weight is 235 g/mol. The summed E-state index contributed by atoms with van der Waals surface area (Å²) in [4.78, 5) is 11.5. The number of nitrogens with one attached hydrogen (secondary N) is 1. The van der Waals surface area contributed by atoms with E-state index in [1.807, 2.05) is 44.2 Å². The Hall–Kier alpha value is -1.35. The number of carbonyl (C=O) groups excluding carboxylic acids is 1. The average Bonchev–Trinajstić information content (AvgIpc) is 2.35. The molecule has 17 heavy (non-hydrogen) atoms. The lowest BCUT2D eigenvalue weighted by Crippen LogP contribution is -2.32. The second kappa shape index (κ2) is 7.07. The summed E-state index contributed by atoms with van der Waals surface area (Å²) in [5.41, 5.74) is 1.16. The van der Waals surface area contributed by atoms with E-state index in [1.54, 1.807) is 0 Å². The minimum atomic E-state index is 0.000509. The summed E-state index contributed by atoms with van der Waals surface area (Å²) >= 11 is 0. The molecule has 0 aliphatic carbocycles. The second-order valence-electron chi connectivity index (χ2n) is 4.52. The van der Waals surface area contributed by atoms with Gasteiger partial charge < -0.3 is 10.4 Å². The fourth-order valence-electron chi connectivity index (χ4n) is 1.70. The molecular weight excluding hydrogens is 214 g/mol. The monoisotopic (exact) mass is 235 g/mol. The number of rotatable bonds is 6. The number of carbonyl (C=O) groups is 1. The fraction of sp³-hybridized carbons (Fsp3) is 0.500. The van der Waals surface area contributed by atoms with Crippen molar-refractivity contribution in [1.29, 1.82) is 0 Å². The van der Waals surface area contributed by atoms with Gasteiger partial charge >= 0.3 is 0 Å². The minimum Gasteiger partial charge on any atom is -0.396 e. The fourth-order valence-corrected chi connectivity index (χ4v) is 1.70. The molecule has 0 saturated carbocycles. The molecule has 0 aromatic heterocycles. The zero-order valence-corrected chi connectivity index (χ0v) is 10.5. The van der Waals surface area contributed by atoms with Crippen LogP contribution in [0.1, 0.15) is 31.7 Å². The van der Waals surface area contributed by atoms with E-state index in [-0.39, 0.29) is 24.3 Å². The smallest absolute Gasteiger partial charge is 0.222 e. The lowest BCUT2D eigenvalue weighted by Gasteiger charge is -2.18. The van der Waals surface area contributed by atoms with Gasteiger partial charge in [-0.2, -0.15) is 0 Å². The molecule has 94 valence electrons. The first kappa shape index (κ1) is 13.7. The molecule has 1 rings (SSSR count). The van der Waals surface area contributed by atoms with Crippen LogP contribution in [0.2, 0.25) is 0 Å². The third-order valence-electron chi connectivity index (χ3n) is 2.80.